The number of piperidine rings is 1. The highest BCUT2D eigenvalue weighted by atomic mass is 79.9. The van der Waals surface area contributed by atoms with Gasteiger partial charge < -0.3 is 9.64 Å². The molecule has 0 aliphatic carbocycles. The maximum atomic E-state index is 5.16. The molecule has 3 fully saturated rings. The van der Waals surface area contributed by atoms with Gasteiger partial charge in [0.2, 0.25) is 5.88 Å². The molecule has 0 N–H and O–H groups in total. The van der Waals surface area contributed by atoms with E-state index >= 15 is 0 Å². The van der Waals surface area contributed by atoms with Crippen LogP contribution in [-0.2, 0) is 6.54 Å². The van der Waals surface area contributed by atoms with Crippen molar-refractivity contribution in [3.63, 3.8) is 0 Å². The normalized spacial score (nSPS) is 20.4. The standard InChI is InChI=1S/C23H22BrN7O/c1-32-22-5-2-15(8-26-22)10-30-18-7-19(30)13-29(12-18)21-4-3-16(9-25-21)20-6-17(24)11-31-23(20)27-14-28-31/h2-6,8-9,11,14,18-19H,7,10,12-13H2,1H3. The number of piperazine rings is 1. The zero-order chi connectivity index (χ0) is 21.7. The van der Waals surface area contributed by atoms with Gasteiger partial charge in [-0.15, -0.1) is 0 Å². The zero-order valence-corrected chi connectivity index (χ0v) is 19.2. The van der Waals surface area contributed by atoms with Gasteiger partial charge in [0.05, 0.1) is 7.11 Å². The molecule has 7 heterocycles. The number of nitrogens with zero attached hydrogens (tertiary/aromatic N) is 7. The van der Waals surface area contributed by atoms with E-state index in [1.807, 2.05) is 24.7 Å². The van der Waals surface area contributed by atoms with E-state index in [9.17, 15) is 0 Å². The predicted octanol–water partition coefficient (Wildman–Crippen LogP) is 3.42. The second kappa shape index (κ2) is 7.83. The van der Waals surface area contributed by atoms with E-state index in [0.717, 1.165) is 46.7 Å². The molecule has 2 bridgehead atoms. The minimum absolute atomic E-state index is 0.554. The van der Waals surface area contributed by atoms with Crippen LogP contribution in [0.25, 0.3) is 16.8 Å². The number of pyridine rings is 3. The van der Waals surface area contributed by atoms with Crippen LogP contribution in [0, 0.1) is 0 Å². The van der Waals surface area contributed by atoms with Gasteiger partial charge in [-0.2, -0.15) is 5.10 Å². The Labute approximate surface area is 194 Å². The molecule has 7 rings (SSSR count). The molecule has 3 aliphatic heterocycles. The average molecular weight is 492 g/mol. The van der Waals surface area contributed by atoms with Crippen molar-refractivity contribution in [1.29, 1.82) is 0 Å². The van der Waals surface area contributed by atoms with Crippen LogP contribution in [0.1, 0.15) is 12.0 Å². The van der Waals surface area contributed by atoms with E-state index < -0.39 is 0 Å². The van der Waals surface area contributed by atoms with Crippen LogP contribution in [0.4, 0.5) is 5.82 Å². The Kier molecular flexibility index (Phi) is 4.80. The van der Waals surface area contributed by atoms with E-state index in [2.05, 4.69) is 65.1 Å². The lowest BCUT2D eigenvalue weighted by molar-refractivity contribution is -0.00876. The summed E-state index contributed by atoms with van der Waals surface area (Å²) in [5, 5.41) is 4.25. The molecule has 162 valence electrons. The molecule has 4 aromatic rings. The lowest BCUT2D eigenvalue weighted by Gasteiger charge is -2.56. The number of ether oxygens (including phenoxy) is 1. The van der Waals surface area contributed by atoms with Crippen molar-refractivity contribution in [3.05, 3.63) is 65.3 Å². The Bertz CT molecular complexity index is 1250. The fourth-order valence-electron chi connectivity index (χ4n) is 4.81. The highest BCUT2D eigenvalue weighted by Gasteiger charge is 2.44. The molecule has 4 aromatic heterocycles. The SMILES string of the molecule is COc1ccc(CN2C3CC2CN(c2ccc(-c4cc(Br)cn5ncnc45)cn2)C3)cn1. The minimum Gasteiger partial charge on any atom is -0.481 e. The van der Waals surface area contributed by atoms with Gasteiger partial charge >= 0.3 is 0 Å². The van der Waals surface area contributed by atoms with Crippen LogP contribution < -0.4 is 9.64 Å². The summed E-state index contributed by atoms with van der Waals surface area (Å²) in [6.07, 6.45) is 8.58. The number of hydrogen-bond acceptors (Lipinski definition) is 7. The molecular formula is C23H22BrN7O. The summed E-state index contributed by atoms with van der Waals surface area (Å²) in [6.45, 7) is 2.93. The molecule has 0 aromatic carbocycles. The number of halogens is 1. The second-order valence-corrected chi connectivity index (χ2v) is 9.25. The van der Waals surface area contributed by atoms with Gasteiger partial charge in [0.1, 0.15) is 12.1 Å². The van der Waals surface area contributed by atoms with Gasteiger partial charge in [0, 0.05) is 72.0 Å². The van der Waals surface area contributed by atoms with Gasteiger partial charge in [-0.1, -0.05) is 6.07 Å². The van der Waals surface area contributed by atoms with Crippen molar-refractivity contribution in [3.8, 4) is 17.0 Å². The number of fused-ring (bicyclic) bond motifs is 3. The second-order valence-electron chi connectivity index (χ2n) is 8.33. The van der Waals surface area contributed by atoms with Crippen LogP contribution >= 0.6 is 15.9 Å². The topological polar surface area (TPSA) is 71.7 Å². The van der Waals surface area contributed by atoms with Crippen molar-refractivity contribution < 1.29 is 4.74 Å². The van der Waals surface area contributed by atoms with Crippen LogP contribution in [0.2, 0.25) is 0 Å². The highest BCUT2D eigenvalue weighted by molar-refractivity contribution is 9.10. The Morgan fingerprint density at radius 3 is 2.66 bits per heavy atom. The van der Waals surface area contributed by atoms with E-state index in [1.165, 1.54) is 12.0 Å². The van der Waals surface area contributed by atoms with Gasteiger partial charge in [-0.3, -0.25) is 4.90 Å². The first kappa shape index (κ1) is 19.6. The third-order valence-electron chi connectivity index (χ3n) is 6.44. The fourth-order valence-corrected chi connectivity index (χ4v) is 5.23. The third kappa shape index (κ3) is 3.41. The molecule has 32 heavy (non-hydrogen) atoms. The maximum Gasteiger partial charge on any atom is 0.212 e. The summed E-state index contributed by atoms with van der Waals surface area (Å²) < 4.78 is 7.90. The Morgan fingerprint density at radius 2 is 1.94 bits per heavy atom. The molecule has 8 nitrogen and oxygen atoms in total. The first-order valence-electron chi connectivity index (χ1n) is 10.6. The first-order chi connectivity index (χ1) is 15.7. The number of anilines is 1. The van der Waals surface area contributed by atoms with E-state index in [1.54, 1.807) is 18.0 Å². The summed E-state index contributed by atoms with van der Waals surface area (Å²) in [5.41, 5.74) is 4.09. The molecule has 3 aliphatic rings. The summed E-state index contributed by atoms with van der Waals surface area (Å²) in [4.78, 5) is 18.5. The number of aromatic nitrogens is 5. The molecule has 0 radical (unpaired) electrons. The number of rotatable bonds is 5. The van der Waals surface area contributed by atoms with Crippen molar-refractivity contribution >= 4 is 27.4 Å². The Morgan fingerprint density at radius 1 is 1.06 bits per heavy atom. The van der Waals surface area contributed by atoms with Gasteiger partial charge in [0.25, 0.3) is 0 Å². The highest BCUT2D eigenvalue weighted by Crippen LogP contribution is 2.36. The van der Waals surface area contributed by atoms with E-state index in [-0.39, 0.29) is 0 Å². The van der Waals surface area contributed by atoms with Crippen molar-refractivity contribution in [1.82, 2.24) is 29.5 Å². The van der Waals surface area contributed by atoms with Gasteiger partial charge in [0.15, 0.2) is 5.65 Å². The third-order valence-corrected chi connectivity index (χ3v) is 6.87. The maximum absolute atomic E-state index is 5.16. The van der Waals surface area contributed by atoms with E-state index in [4.69, 9.17) is 9.72 Å². The Balaban J connectivity index is 1.16. The van der Waals surface area contributed by atoms with Crippen molar-refractivity contribution in [2.45, 2.75) is 25.0 Å². The van der Waals surface area contributed by atoms with Gasteiger partial charge in [-0.05, 0) is 46.1 Å². The average Bonchev–Trinajstić information content (AvgIpc) is 3.31. The molecule has 0 amide bonds. The molecule has 3 saturated heterocycles. The quantitative estimate of drug-likeness (QED) is 0.423. The minimum atomic E-state index is 0.554. The summed E-state index contributed by atoms with van der Waals surface area (Å²) in [5.74, 6) is 1.69. The molecule has 0 saturated carbocycles. The fraction of sp³-hybridized carbons (Fsp3) is 0.304. The number of hydrogen-bond donors (Lipinski definition) is 0. The molecule has 0 spiro atoms. The van der Waals surface area contributed by atoms with Gasteiger partial charge in [-0.25, -0.2) is 19.5 Å². The van der Waals surface area contributed by atoms with Crippen molar-refractivity contribution in [2.75, 3.05) is 25.1 Å². The molecule has 9 heteroatoms. The number of methoxy groups -OCH3 is 1. The Hall–Kier alpha value is -3.04. The summed E-state index contributed by atoms with van der Waals surface area (Å²) in [6, 6.07) is 11.4. The molecule has 2 unspecified atom stereocenters. The predicted molar refractivity (Wildman–Crippen MR) is 125 cm³/mol. The summed E-state index contributed by atoms with van der Waals surface area (Å²) >= 11 is 3.56. The lowest BCUT2D eigenvalue weighted by Crippen LogP contribution is -2.68. The van der Waals surface area contributed by atoms with Crippen LogP contribution in [-0.4, -0.2) is 61.7 Å². The zero-order valence-electron chi connectivity index (χ0n) is 17.6. The van der Waals surface area contributed by atoms with Crippen LogP contribution in [0.5, 0.6) is 5.88 Å². The smallest absolute Gasteiger partial charge is 0.212 e. The molecular weight excluding hydrogens is 470 g/mol. The summed E-state index contributed by atoms with van der Waals surface area (Å²) in [7, 11) is 1.64. The first-order valence-corrected chi connectivity index (χ1v) is 11.4. The van der Waals surface area contributed by atoms with E-state index in [0.29, 0.717) is 18.0 Å². The van der Waals surface area contributed by atoms with Crippen LogP contribution in [0.15, 0.2) is 59.7 Å². The lowest BCUT2D eigenvalue weighted by atomic mass is 9.87. The molecule has 2 atom stereocenters. The largest absolute Gasteiger partial charge is 0.481 e. The van der Waals surface area contributed by atoms with Crippen molar-refractivity contribution in [2.24, 2.45) is 0 Å². The monoisotopic (exact) mass is 491 g/mol. The van der Waals surface area contributed by atoms with Crippen LogP contribution in [0.3, 0.4) is 0 Å².